The second-order valence-electron chi connectivity index (χ2n) is 3.93. The van der Waals surface area contributed by atoms with Crippen molar-refractivity contribution in [2.45, 2.75) is 6.42 Å². The van der Waals surface area contributed by atoms with Crippen LogP contribution in [0.15, 0.2) is 24.3 Å². The lowest BCUT2D eigenvalue weighted by molar-refractivity contribution is 0.403. The number of hydrogen-bond donors (Lipinski definition) is 4. The summed E-state index contributed by atoms with van der Waals surface area (Å²) in [5.74, 6) is 0.386. The summed E-state index contributed by atoms with van der Waals surface area (Å²) in [5, 5.41) is 21.9. The number of phenolic OH excluding ortho intramolecular Hbond substituents is 2. The minimum Gasteiger partial charge on any atom is -0.504 e. The van der Waals surface area contributed by atoms with Crippen LogP contribution in [0.1, 0.15) is 5.56 Å². The van der Waals surface area contributed by atoms with Gasteiger partial charge in [0.25, 0.3) is 0 Å². The van der Waals surface area contributed by atoms with Crippen molar-refractivity contribution in [3.63, 3.8) is 0 Å². The first-order chi connectivity index (χ1) is 9.04. The second-order valence-corrected chi connectivity index (χ2v) is 4.32. The molecule has 0 saturated carbocycles. The first-order valence-electron chi connectivity index (χ1n) is 5.59. The van der Waals surface area contributed by atoms with E-state index in [1.807, 2.05) is 0 Å². The number of benzene rings is 1. The van der Waals surface area contributed by atoms with Crippen LogP contribution in [0.4, 0.5) is 11.8 Å². The molecule has 100 valence electrons. The molecule has 0 fully saturated rings. The Bertz CT molecular complexity index is 572. The Labute approximate surface area is 114 Å². The number of aromatic nitrogens is 2. The van der Waals surface area contributed by atoms with E-state index in [2.05, 4.69) is 15.3 Å². The Hall–Kier alpha value is -2.21. The second kappa shape index (κ2) is 5.62. The average Bonchev–Trinajstić information content (AvgIpc) is 2.32. The molecule has 0 aliphatic carbocycles. The van der Waals surface area contributed by atoms with Crippen molar-refractivity contribution in [2.75, 3.05) is 17.6 Å². The lowest BCUT2D eigenvalue weighted by Crippen LogP contribution is -2.08. The molecule has 0 saturated heterocycles. The summed E-state index contributed by atoms with van der Waals surface area (Å²) in [5.41, 5.74) is 6.36. The van der Waals surface area contributed by atoms with E-state index in [1.165, 1.54) is 12.1 Å². The number of rotatable bonds is 4. The van der Waals surface area contributed by atoms with Gasteiger partial charge in [-0.05, 0) is 24.1 Å². The number of phenols is 2. The highest BCUT2D eigenvalue weighted by molar-refractivity contribution is 6.29. The largest absolute Gasteiger partial charge is 0.504 e. The van der Waals surface area contributed by atoms with Gasteiger partial charge in [-0.15, -0.1) is 0 Å². The number of nitrogens with one attached hydrogen (secondary N) is 1. The number of halogens is 1. The van der Waals surface area contributed by atoms with Gasteiger partial charge in [-0.25, -0.2) is 4.98 Å². The zero-order valence-corrected chi connectivity index (χ0v) is 10.7. The molecule has 0 aliphatic heterocycles. The van der Waals surface area contributed by atoms with Gasteiger partial charge in [0.1, 0.15) is 11.0 Å². The first-order valence-corrected chi connectivity index (χ1v) is 5.97. The van der Waals surface area contributed by atoms with Gasteiger partial charge in [0.05, 0.1) is 0 Å². The number of nitrogens with zero attached hydrogens (tertiary/aromatic N) is 2. The summed E-state index contributed by atoms with van der Waals surface area (Å²) in [6.45, 7) is 0.580. The molecule has 19 heavy (non-hydrogen) atoms. The van der Waals surface area contributed by atoms with Crippen molar-refractivity contribution < 1.29 is 10.2 Å². The van der Waals surface area contributed by atoms with Crippen LogP contribution in [0, 0.1) is 0 Å². The van der Waals surface area contributed by atoms with Crippen molar-refractivity contribution in [1.82, 2.24) is 9.97 Å². The molecule has 1 heterocycles. The molecule has 0 amide bonds. The van der Waals surface area contributed by atoms with Crippen LogP contribution in [0.25, 0.3) is 0 Å². The molecule has 1 aromatic heterocycles. The lowest BCUT2D eigenvalue weighted by Gasteiger charge is -2.07. The van der Waals surface area contributed by atoms with E-state index < -0.39 is 0 Å². The quantitative estimate of drug-likeness (QED) is 0.503. The molecule has 2 rings (SSSR count). The van der Waals surface area contributed by atoms with Crippen LogP contribution in [0.2, 0.25) is 5.15 Å². The van der Waals surface area contributed by atoms with E-state index in [1.54, 1.807) is 12.1 Å². The minimum absolute atomic E-state index is 0.109. The number of nitrogen functional groups attached to an aromatic ring is 1. The van der Waals surface area contributed by atoms with E-state index in [4.69, 9.17) is 17.3 Å². The predicted octanol–water partition coefficient (Wildman–Crippen LogP) is 1.78. The SMILES string of the molecule is Nc1nc(Cl)cc(NCCc2ccc(O)c(O)c2)n1. The molecule has 0 bridgehead atoms. The minimum atomic E-state index is -0.133. The van der Waals surface area contributed by atoms with Gasteiger partial charge >= 0.3 is 0 Å². The fourth-order valence-corrected chi connectivity index (χ4v) is 1.78. The zero-order valence-electron chi connectivity index (χ0n) is 9.97. The monoisotopic (exact) mass is 280 g/mol. The number of anilines is 2. The van der Waals surface area contributed by atoms with Crippen molar-refractivity contribution in [1.29, 1.82) is 0 Å². The van der Waals surface area contributed by atoms with Crippen molar-refractivity contribution in [3.8, 4) is 11.5 Å². The van der Waals surface area contributed by atoms with Crippen LogP contribution < -0.4 is 11.1 Å². The van der Waals surface area contributed by atoms with Crippen molar-refractivity contribution >= 4 is 23.4 Å². The van der Waals surface area contributed by atoms with Gasteiger partial charge < -0.3 is 21.3 Å². The molecular formula is C12H13ClN4O2. The van der Waals surface area contributed by atoms with E-state index in [9.17, 15) is 10.2 Å². The third-order valence-electron chi connectivity index (χ3n) is 2.47. The lowest BCUT2D eigenvalue weighted by atomic mass is 10.1. The molecule has 0 radical (unpaired) electrons. The summed E-state index contributed by atoms with van der Waals surface area (Å²) >= 11 is 5.75. The van der Waals surface area contributed by atoms with Crippen molar-refractivity contribution in [2.24, 2.45) is 0 Å². The fraction of sp³-hybridized carbons (Fsp3) is 0.167. The molecule has 7 heteroatoms. The smallest absolute Gasteiger partial charge is 0.223 e. The van der Waals surface area contributed by atoms with Gasteiger partial charge in [0, 0.05) is 12.6 Å². The summed E-state index contributed by atoms with van der Waals surface area (Å²) in [6, 6.07) is 6.27. The zero-order chi connectivity index (χ0) is 13.8. The highest BCUT2D eigenvalue weighted by atomic mass is 35.5. The highest BCUT2D eigenvalue weighted by Gasteiger charge is 2.02. The Morgan fingerprint density at radius 2 is 1.95 bits per heavy atom. The molecule has 0 aliphatic rings. The van der Waals surface area contributed by atoms with E-state index in [-0.39, 0.29) is 22.6 Å². The fourth-order valence-electron chi connectivity index (χ4n) is 1.59. The van der Waals surface area contributed by atoms with Crippen LogP contribution >= 0.6 is 11.6 Å². The molecule has 0 atom stereocenters. The van der Waals surface area contributed by atoms with Crippen LogP contribution in [0.3, 0.4) is 0 Å². The third kappa shape index (κ3) is 3.62. The Kier molecular flexibility index (Phi) is 3.91. The predicted molar refractivity (Wildman–Crippen MR) is 73.4 cm³/mol. The Morgan fingerprint density at radius 1 is 1.16 bits per heavy atom. The summed E-state index contributed by atoms with van der Waals surface area (Å²) in [6.07, 6.45) is 0.648. The number of aromatic hydroxyl groups is 2. The van der Waals surface area contributed by atoms with Crippen LogP contribution in [-0.4, -0.2) is 26.7 Å². The third-order valence-corrected chi connectivity index (χ3v) is 2.67. The highest BCUT2D eigenvalue weighted by Crippen LogP contribution is 2.25. The summed E-state index contributed by atoms with van der Waals surface area (Å²) in [7, 11) is 0. The van der Waals surface area contributed by atoms with Gasteiger partial charge in [0.2, 0.25) is 5.95 Å². The molecule has 1 aromatic carbocycles. The maximum atomic E-state index is 9.36. The normalized spacial score (nSPS) is 10.4. The Balaban J connectivity index is 1.94. The topological polar surface area (TPSA) is 104 Å². The van der Waals surface area contributed by atoms with Crippen LogP contribution in [0.5, 0.6) is 11.5 Å². The maximum absolute atomic E-state index is 9.36. The number of nitrogens with two attached hydrogens (primary N) is 1. The molecule has 5 N–H and O–H groups in total. The number of hydrogen-bond acceptors (Lipinski definition) is 6. The average molecular weight is 281 g/mol. The van der Waals surface area contributed by atoms with Gasteiger partial charge in [-0.2, -0.15) is 4.98 Å². The van der Waals surface area contributed by atoms with E-state index in [0.29, 0.717) is 18.8 Å². The summed E-state index contributed by atoms with van der Waals surface area (Å²) in [4.78, 5) is 7.73. The summed E-state index contributed by atoms with van der Waals surface area (Å²) < 4.78 is 0. The van der Waals surface area contributed by atoms with Crippen LogP contribution in [-0.2, 0) is 6.42 Å². The van der Waals surface area contributed by atoms with Crippen molar-refractivity contribution in [3.05, 3.63) is 35.0 Å². The first kappa shape index (κ1) is 13.2. The van der Waals surface area contributed by atoms with Gasteiger partial charge in [-0.1, -0.05) is 17.7 Å². The maximum Gasteiger partial charge on any atom is 0.223 e. The Morgan fingerprint density at radius 3 is 2.63 bits per heavy atom. The van der Waals surface area contributed by atoms with E-state index >= 15 is 0 Å². The molecule has 0 spiro atoms. The molecular weight excluding hydrogens is 268 g/mol. The van der Waals surface area contributed by atoms with E-state index in [0.717, 1.165) is 5.56 Å². The molecule has 2 aromatic rings. The standard InChI is InChI=1S/C12H13ClN4O2/c13-10-6-11(17-12(14)16-10)15-4-3-7-1-2-8(18)9(19)5-7/h1-2,5-6,18-19H,3-4H2,(H3,14,15,16,17). The van der Waals surface area contributed by atoms with Gasteiger partial charge in [0.15, 0.2) is 11.5 Å². The van der Waals surface area contributed by atoms with Gasteiger partial charge in [-0.3, -0.25) is 0 Å². The molecule has 6 nitrogen and oxygen atoms in total. The molecule has 0 unspecified atom stereocenters.